The summed E-state index contributed by atoms with van der Waals surface area (Å²) in [4.78, 5) is 0. The summed E-state index contributed by atoms with van der Waals surface area (Å²) < 4.78 is 0. The Bertz CT molecular complexity index is 255. The maximum absolute atomic E-state index is 3.39. The Morgan fingerprint density at radius 2 is 1.09 bits per heavy atom. The van der Waals surface area contributed by atoms with E-state index in [0.29, 0.717) is 5.41 Å². The van der Waals surface area contributed by atoms with Crippen molar-refractivity contribution >= 4 is 0 Å². The van der Waals surface area contributed by atoms with Crippen LogP contribution in [0.4, 0.5) is 0 Å². The fourth-order valence-corrected chi connectivity index (χ4v) is 4.72. The summed E-state index contributed by atoms with van der Waals surface area (Å²) in [6.07, 6.45) is 21.8. The zero-order valence-electron chi connectivity index (χ0n) is 15.1. The number of hydrogen-bond donors (Lipinski definition) is 2. The van der Waals surface area contributed by atoms with Crippen LogP contribution in [0.5, 0.6) is 0 Å². The van der Waals surface area contributed by atoms with Crippen molar-refractivity contribution in [3.8, 4) is 0 Å². The standard InChI is InChI=1S/C20H40N2/c1-20(15-10-11-17-21-22-18-12-16-20)19-13-8-6-4-2-3-5-7-9-14-19/h19,21-22H,2-18H2,1H3. The van der Waals surface area contributed by atoms with Gasteiger partial charge in [-0.05, 0) is 49.9 Å². The number of hydrogen-bond acceptors (Lipinski definition) is 2. The van der Waals surface area contributed by atoms with Gasteiger partial charge in [-0.1, -0.05) is 64.7 Å². The second-order valence-corrected chi connectivity index (χ2v) is 8.17. The molecule has 2 rings (SSSR count). The van der Waals surface area contributed by atoms with E-state index < -0.39 is 0 Å². The van der Waals surface area contributed by atoms with Gasteiger partial charge in [-0.2, -0.15) is 0 Å². The van der Waals surface area contributed by atoms with E-state index in [0.717, 1.165) is 19.0 Å². The quantitative estimate of drug-likeness (QED) is 0.660. The van der Waals surface area contributed by atoms with Gasteiger partial charge in [0.15, 0.2) is 0 Å². The highest BCUT2D eigenvalue weighted by Gasteiger charge is 2.32. The second kappa shape index (κ2) is 10.6. The highest BCUT2D eigenvalue weighted by molar-refractivity contribution is 4.84. The minimum Gasteiger partial charge on any atom is -0.258 e. The van der Waals surface area contributed by atoms with Gasteiger partial charge in [-0.25, -0.2) is 0 Å². The lowest BCUT2D eigenvalue weighted by atomic mass is 9.67. The van der Waals surface area contributed by atoms with Crippen molar-refractivity contribution in [2.45, 2.75) is 103 Å². The Kier molecular flexibility index (Phi) is 8.84. The Hall–Kier alpha value is -0.0800. The van der Waals surface area contributed by atoms with Crippen LogP contribution in [0.3, 0.4) is 0 Å². The minimum atomic E-state index is 0.604. The van der Waals surface area contributed by atoms with Crippen molar-refractivity contribution in [1.29, 1.82) is 0 Å². The molecule has 2 N–H and O–H groups in total. The molecule has 2 aliphatic rings. The summed E-state index contributed by atoms with van der Waals surface area (Å²) in [7, 11) is 0. The summed E-state index contributed by atoms with van der Waals surface area (Å²) in [5.41, 5.74) is 7.35. The fraction of sp³-hybridized carbons (Fsp3) is 1.00. The predicted molar refractivity (Wildman–Crippen MR) is 96.9 cm³/mol. The molecule has 130 valence electrons. The lowest BCUT2D eigenvalue weighted by Crippen LogP contribution is -2.36. The molecule has 1 aliphatic carbocycles. The molecule has 2 heteroatoms. The molecular formula is C20H40N2. The zero-order chi connectivity index (χ0) is 15.5. The molecule has 0 spiro atoms. The highest BCUT2D eigenvalue weighted by Crippen LogP contribution is 2.43. The maximum atomic E-state index is 3.39. The van der Waals surface area contributed by atoms with Crippen LogP contribution < -0.4 is 10.9 Å². The van der Waals surface area contributed by atoms with Crippen molar-refractivity contribution < 1.29 is 0 Å². The van der Waals surface area contributed by atoms with Crippen LogP contribution in [0.25, 0.3) is 0 Å². The monoisotopic (exact) mass is 308 g/mol. The van der Waals surface area contributed by atoms with Crippen molar-refractivity contribution in [2.24, 2.45) is 11.3 Å². The van der Waals surface area contributed by atoms with Crippen LogP contribution in [0.2, 0.25) is 0 Å². The zero-order valence-corrected chi connectivity index (χ0v) is 15.1. The molecule has 0 aromatic rings. The molecule has 0 radical (unpaired) electrons. The first kappa shape index (κ1) is 18.3. The summed E-state index contributed by atoms with van der Waals surface area (Å²) in [5.74, 6) is 0.984. The van der Waals surface area contributed by atoms with Crippen LogP contribution in [-0.4, -0.2) is 13.1 Å². The Balaban J connectivity index is 1.93. The van der Waals surface area contributed by atoms with Crippen LogP contribution in [0.1, 0.15) is 103 Å². The van der Waals surface area contributed by atoms with Gasteiger partial charge in [0.25, 0.3) is 0 Å². The summed E-state index contributed by atoms with van der Waals surface area (Å²) in [5, 5.41) is 0. The molecule has 1 saturated heterocycles. The molecule has 0 bridgehead atoms. The molecule has 1 heterocycles. The Labute approximate surface area is 139 Å². The SMILES string of the molecule is CC1(C2CCCCCCCCCC2)CCCCNNCCC1. The molecular weight excluding hydrogens is 268 g/mol. The molecule has 0 aromatic heterocycles. The summed E-state index contributed by atoms with van der Waals surface area (Å²) in [6.45, 7) is 4.91. The molecule has 22 heavy (non-hydrogen) atoms. The van der Waals surface area contributed by atoms with Crippen molar-refractivity contribution in [3.63, 3.8) is 0 Å². The molecule has 0 amide bonds. The Morgan fingerprint density at radius 3 is 1.73 bits per heavy atom. The summed E-state index contributed by atoms with van der Waals surface area (Å²) >= 11 is 0. The maximum Gasteiger partial charge on any atom is 0.00999 e. The van der Waals surface area contributed by atoms with Crippen LogP contribution in [-0.2, 0) is 0 Å². The van der Waals surface area contributed by atoms with Gasteiger partial charge in [0.1, 0.15) is 0 Å². The van der Waals surface area contributed by atoms with Crippen molar-refractivity contribution in [2.75, 3.05) is 13.1 Å². The average Bonchev–Trinajstić information content (AvgIpc) is 2.59. The molecule has 2 nitrogen and oxygen atoms in total. The molecule has 1 unspecified atom stereocenters. The third-order valence-corrected chi connectivity index (χ3v) is 6.32. The van der Waals surface area contributed by atoms with Crippen molar-refractivity contribution in [3.05, 3.63) is 0 Å². The van der Waals surface area contributed by atoms with Gasteiger partial charge in [0.2, 0.25) is 0 Å². The van der Waals surface area contributed by atoms with E-state index in [1.807, 2.05) is 0 Å². The smallest absolute Gasteiger partial charge is 0.00999 e. The highest BCUT2D eigenvalue weighted by atomic mass is 15.3. The molecule has 0 aromatic carbocycles. The van der Waals surface area contributed by atoms with Crippen LogP contribution in [0, 0.1) is 11.3 Å². The van der Waals surface area contributed by atoms with Gasteiger partial charge in [-0.3, -0.25) is 10.9 Å². The fourth-order valence-electron chi connectivity index (χ4n) is 4.72. The van der Waals surface area contributed by atoms with Gasteiger partial charge in [0, 0.05) is 13.1 Å². The normalized spacial score (nSPS) is 32.0. The molecule has 1 saturated carbocycles. The second-order valence-electron chi connectivity index (χ2n) is 8.17. The van der Waals surface area contributed by atoms with Gasteiger partial charge in [0.05, 0.1) is 0 Å². The van der Waals surface area contributed by atoms with Gasteiger partial charge < -0.3 is 0 Å². The van der Waals surface area contributed by atoms with Gasteiger partial charge >= 0.3 is 0 Å². The lowest BCUT2D eigenvalue weighted by Gasteiger charge is -2.39. The van der Waals surface area contributed by atoms with E-state index in [2.05, 4.69) is 17.8 Å². The first-order chi connectivity index (χ1) is 10.8. The van der Waals surface area contributed by atoms with Gasteiger partial charge in [-0.15, -0.1) is 0 Å². The molecule has 2 fully saturated rings. The van der Waals surface area contributed by atoms with E-state index in [-0.39, 0.29) is 0 Å². The lowest BCUT2D eigenvalue weighted by molar-refractivity contribution is 0.118. The van der Waals surface area contributed by atoms with E-state index in [9.17, 15) is 0 Å². The topological polar surface area (TPSA) is 24.1 Å². The molecule has 1 atom stereocenters. The number of rotatable bonds is 1. The number of nitrogens with one attached hydrogen (secondary N) is 2. The predicted octanol–water partition coefficient (Wildman–Crippen LogP) is 5.58. The first-order valence-corrected chi connectivity index (χ1v) is 10.3. The third kappa shape index (κ3) is 6.58. The minimum absolute atomic E-state index is 0.604. The van der Waals surface area contributed by atoms with Crippen molar-refractivity contribution in [1.82, 2.24) is 10.9 Å². The van der Waals surface area contributed by atoms with E-state index >= 15 is 0 Å². The molecule has 1 aliphatic heterocycles. The largest absolute Gasteiger partial charge is 0.258 e. The van der Waals surface area contributed by atoms with E-state index in [1.54, 1.807) is 0 Å². The number of hydrazine groups is 1. The van der Waals surface area contributed by atoms with E-state index in [1.165, 1.54) is 96.3 Å². The van der Waals surface area contributed by atoms with Crippen LogP contribution >= 0.6 is 0 Å². The summed E-state index contributed by atoms with van der Waals surface area (Å²) in [6, 6.07) is 0. The Morgan fingerprint density at radius 1 is 0.591 bits per heavy atom. The first-order valence-electron chi connectivity index (χ1n) is 10.3. The van der Waals surface area contributed by atoms with Crippen LogP contribution in [0.15, 0.2) is 0 Å². The third-order valence-electron chi connectivity index (χ3n) is 6.32. The average molecular weight is 309 g/mol. The van der Waals surface area contributed by atoms with E-state index in [4.69, 9.17) is 0 Å².